The van der Waals surface area contributed by atoms with E-state index in [9.17, 15) is 0 Å². The van der Waals surface area contributed by atoms with Crippen molar-refractivity contribution in [3.8, 4) is 45.5 Å². The number of benzene rings is 9. The zero-order valence-corrected chi connectivity index (χ0v) is 39.1. The molecule has 0 spiro atoms. The quantitative estimate of drug-likeness (QED) is 0.156. The Morgan fingerprint density at radius 1 is 0.403 bits per heavy atom. The molecule has 0 unspecified atom stereocenters. The molecule has 0 amide bonds. The van der Waals surface area contributed by atoms with Gasteiger partial charge in [0.2, 0.25) is 0 Å². The van der Waals surface area contributed by atoms with Crippen molar-refractivity contribution in [1.29, 1.82) is 0 Å². The van der Waals surface area contributed by atoms with Gasteiger partial charge in [-0.2, -0.15) is 5.10 Å². The van der Waals surface area contributed by atoms with Crippen LogP contribution in [0.3, 0.4) is 0 Å². The molecule has 0 saturated carbocycles. The number of aromatic nitrogens is 7. The first-order chi connectivity index (χ1) is 32.6. The van der Waals surface area contributed by atoms with Crippen molar-refractivity contribution in [2.45, 2.75) is 13.8 Å². The first-order valence-corrected chi connectivity index (χ1v) is 22.2. The largest absolute Gasteiger partial charge is 0.309 e. The van der Waals surface area contributed by atoms with Crippen LogP contribution in [0.4, 0.5) is 0 Å². The normalized spacial score (nSPS) is 11.3. The topological polar surface area (TPSA) is 58.4 Å². The minimum Gasteiger partial charge on any atom is -0.309 e. The number of hydrogen-bond donors (Lipinski definition) is 0. The van der Waals surface area contributed by atoms with Crippen LogP contribution in [-0.2, 0) is 20.1 Å². The number of rotatable bonds is 6. The number of hydrogen-bond acceptors (Lipinski definition) is 3. The summed E-state index contributed by atoms with van der Waals surface area (Å²) in [6.45, 7) is 3.98. The first-order valence-electron chi connectivity index (χ1n) is 22.2. The Hall–Kier alpha value is -8.16. The number of aryl methyl sites for hydroxylation is 2. The monoisotopic (exact) mass is 1040 g/mol. The molecule has 13 rings (SSSR count). The van der Waals surface area contributed by atoms with Gasteiger partial charge in [0, 0.05) is 47.2 Å². The molecule has 323 valence electrons. The Bertz CT molecular complexity index is 3680. The Kier molecular flexibility index (Phi) is 10.7. The average Bonchev–Trinajstić information content (AvgIpc) is 4.14. The third-order valence-corrected chi connectivity index (χ3v) is 12.4. The Morgan fingerprint density at radius 2 is 0.866 bits per heavy atom. The molecule has 0 saturated heterocycles. The molecule has 0 aliphatic rings. The van der Waals surface area contributed by atoms with Gasteiger partial charge in [0.05, 0.1) is 61.7 Å². The van der Waals surface area contributed by atoms with Crippen LogP contribution in [-0.4, -0.2) is 33.4 Å². The van der Waals surface area contributed by atoms with E-state index in [1.807, 2.05) is 48.0 Å². The van der Waals surface area contributed by atoms with Gasteiger partial charge in [0.25, 0.3) is 0 Å². The minimum absolute atomic E-state index is 0. The van der Waals surface area contributed by atoms with Crippen LogP contribution in [0.15, 0.2) is 218 Å². The van der Waals surface area contributed by atoms with E-state index in [1.165, 1.54) is 49.2 Å². The van der Waals surface area contributed by atoms with E-state index in [0.29, 0.717) is 0 Å². The molecule has 8 heteroatoms. The Morgan fingerprint density at radius 3 is 1.40 bits per heavy atom. The fraction of sp³-hybridized carbons (Fsp3) is 0.0339. The summed E-state index contributed by atoms with van der Waals surface area (Å²) in [5.74, 6) is 2.50. The predicted octanol–water partition coefficient (Wildman–Crippen LogP) is 14.2. The zero-order valence-electron chi connectivity index (χ0n) is 36.7. The SMILES string of the molecule is Cc1nc(-c2[c-]cccc2)n(-c2ccccc2C)n1.[Ir].c1ccc(-c2nc3ccccc3n2-c2cc(-n3c4ccccc4c4ccccc43)cc(-n3c4ccccc4c4ccccc43)c2)cc1. The maximum Gasteiger partial charge on any atom is 0.145 e. The van der Waals surface area contributed by atoms with Gasteiger partial charge >= 0.3 is 0 Å². The summed E-state index contributed by atoms with van der Waals surface area (Å²) in [5, 5.41) is 9.47. The molecule has 7 nitrogen and oxygen atoms in total. The van der Waals surface area contributed by atoms with Crippen LogP contribution in [0.25, 0.3) is 100 Å². The van der Waals surface area contributed by atoms with Crippen LogP contribution in [0.1, 0.15) is 11.4 Å². The maximum atomic E-state index is 5.19. The molecule has 4 aromatic heterocycles. The van der Waals surface area contributed by atoms with Gasteiger partial charge in [0.15, 0.2) is 0 Å². The van der Waals surface area contributed by atoms with E-state index in [1.54, 1.807) is 0 Å². The standard InChI is InChI=1S/C43H28N4.C16H14N3.Ir/c1-2-14-29(15-3-1)43-44-37-20-8-13-25-42(37)47(43)32-27-30(45-38-21-9-4-16-33(38)34-17-5-10-22-39(34)45)26-31(28-32)46-40-23-11-6-18-35(40)36-19-7-12-24-41(36)46;1-12-8-6-7-11-15(12)19-16(17-13(2)18-19)14-9-4-3-5-10-14;/h1-28H;3-9,11H,1-2H3;/q;-1;. The van der Waals surface area contributed by atoms with Gasteiger partial charge in [-0.15, -0.1) is 35.9 Å². The number of fused-ring (bicyclic) bond motifs is 7. The summed E-state index contributed by atoms with van der Waals surface area (Å²) in [7, 11) is 0. The molecule has 0 atom stereocenters. The van der Waals surface area contributed by atoms with Gasteiger partial charge in [-0.1, -0.05) is 133 Å². The summed E-state index contributed by atoms with van der Waals surface area (Å²) in [5.41, 5.74) is 14.2. The van der Waals surface area contributed by atoms with Gasteiger partial charge in [0.1, 0.15) is 11.6 Å². The minimum atomic E-state index is 0. The van der Waals surface area contributed by atoms with Gasteiger partial charge < -0.3 is 9.13 Å². The van der Waals surface area contributed by atoms with Crippen LogP contribution < -0.4 is 0 Å². The molecular formula is C59H42IrN7-. The van der Waals surface area contributed by atoms with E-state index >= 15 is 0 Å². The van der Waals surface area contributed by atoms with Crippen molar-refractivity contribution >= 4 is 54.6 Å². The Balaban J connectivity index is 0.000000208. The number of imidazole rings is 1. The third-order valence-electron chi connectivity index (χ3n) is 12.4. The Labute approximate surface area is 401 Å². The molecule has 0 fully saturated rings. The third kappa shape index (κ3) is 7.24. The second kappa shape index (κ2) is 17.3. The van der Waals surface area contributed by atoms with E-state index in [0.717, 1.165) is 62.4 Å². The van der Waals surface area contributed by atoms with Crippen LogP contribution in [0.2, 0.25) is 0 Å². The van der Waals surface area contributed by atoms with Crippen molar-refractivity contribution in [3.63, 3.8) is 0 Å². The first kappa shape index (κ1) is 41.5. The zero-order chi connectivity index (χ0) is 44.1. The van der Waals surface area contributed by atoms with Crippen molar-refractivity contribution in [1.82, 2.24) is 33.4 Å². The van der Waals surface area contributed by atoms with Crippen LogP contribution in [0, 0.1) is 19.9 Å². The predicted molar refractivity (Wildman–Crippen MR) is 270 cm³/mol. The van der Waals surface area contributed by atoms with Crippen LogP contribution in [0.5, 0.6) is 0 Å². The van der Waals surface area contributed by atoms with E-state index in [-0.39, 0.29) is 20.1 Å². The average molecular weight is 1040 g/mol. The molecular weight excluding hydrogens is 999 g/mol. The molecule has 0 aliphatic heterocycles. The number of para-hydroxylation sites is 7. The molecule has 0 aliphatic carbocycles. The molecule has 4 heterocycles. The summed E-state index contributed by atoms with van der Waals surface area (Å²) < 4.78 is 9.02. The van der Waals surface area contributed by atoms with Crippen molar-refractivity contribution in [2.24, 2.45) is 0 Å². The fourth-order valence-corrected chi connectivity index (χ4v) is 9.53. The molecule has 1 radical (unpaired) electrons. The van der Waals surface area contributed by atoms with Crippen molar-refractivity contribution < 1.29 is 20.1 Å². The molecule has 0 bridgehead atoms. The van der Waals surface area contributed by atoms with E-state index in [4.69, 9.17) is 4.98 Å². The summed E-state index contributed by atoms with van der Waals surface area (Å²) in [6, 6.07) is 79.9. The van der Waals surface area contributed by atoms with Crippen LogP contribution >= 0.6 is 0 Å². The molecule has 13 aromatic rings. The molecule has 0 N–H and O–H groups in total. The molecule has 9 aromatic carbocycles. The summed E-state index contributed by atoms with van der Waals surface area (Å²) >= 11 is 0. The van der Waals surface area contributed by atoms with E-state index < -0.39 is 0 Å². The second-order valence-corrected chi connectivity index (χ2v) is 16.5. The second-order valence-electron chi connectivity index (χ2n) is 16.5. The summed E-state index contributed by atoms with van der Waals surface area (Å²) in [4.78, 5) is 9.71. The maximum absolute atomic E-state index is 5.19. The van der Waals surface area contributed by atoms with Gasteiger partial charge in [-0.25, -0.2) is 4.98 Å². The number of nitrogens with zero attached hydrogens (tertiary/aromatic N) is 7. The van der Waals surface area contributed by atoms with Crippen molar-refractivity contribution in [2.75, 3.05) is 0 Å². The van der Waals surface area contributed by atoms with Gasteiger partial charge in [-0.3, -0.25) is 14.2 Å². The fourth-order valence-electron chi connectivity index (χ4n) is 9.53. The smallest absolute Gasteiger partial charge is 0.145 e. The van der Waals surface area contributed by atoms with Crippen molar-refractivity contribution in [3.05, 3.63) is 236 Å². The van der Waals surface area contributed by atoms with Gasteiger partial charge in [-0.05, 0) is 80.1 Å². The molecule has 67 heavy (non-hydrogen) atoms. The summed E-state index contributed by atoms with van der Waals surface area (Å²) in [6.07, 6.45) is 0. The van der Waals surface area contributed by atoms with E-state index in [2.05, 4.69) is 219 Å².